The number of benzene rings is 2. The Morgan fingerprint density at radius 1 is 1.19 bits per heavy atom. The van der Waals surface area contributed by atoms with E-state index in [2.05, 4.69) is 4.99 Å². The summed E-state index contributed by atoms with van der Waals surface area (Å²) in [5, 5.41) is 0. The molecule has 1 aliphatic heterocycles. The van der Waals surface area contributed by atoms with Gasteiger partial charge in [0, 0.05) is 24.8 Å². The number of hydrogen-bond donors (Lipinski definition) is 0. The normalized spacial score (nSPS) is 14.3. The SMILES string of the molecule is CCn1c(=NC(=O)C=Cc2ccccc2)sc2cc3c(cc21)OCCO3. The molecule has 0 saturated heterocycles. The van der Waals surface area contributed by atoms with Crippen LogP contribution in [0.3, 0.4) is 0 Å². The molecule has 2 heterocycles. The molecule has 1 aromatic heterocycles. The lowest BCUT2D eigenvalue weighted by Gasteiger charge is -2.18. The number of rotatable bonds is 3. The molecule has 4 rings (SSSR count). The minimum atomic E-state index is -0.278. The molecule has 0 N–H and O–H groups in total. The van der Waals surface area contributed by atoms with Gasteiger partial charge in [0.05, 0.1) is 10.2 Å². The van der Waals surface area contributed by atoms with Gasteiger partial charge >= 0.3 is 0 Å². The Bertz CT molecular complexity index is 1050. The van der Waals surface area contributed by atoms with Crippen LogP contribution in [0.4, 0.5) is 0 Å². The highest BCUT2D eigenvalue weighted by molar-refractivity contribution is 7.16. The highest BCUT2D eigenvalue weighted by Crippen LogP contribution is 2.35. The van der Waals surface area contributed by atoms with Gasteiger partial charge < -0.3 is 14.0 Å². The zero-order valence-corrected chi connectivity index (χ0v) is 15.2. The van der Waals surface area contributed by atoms with Gasteiger partial charge in [-0.25, -0.2) is 0 Å². The zero-order valence-electron chi connectivity index (χ0n) is 14.3. The third-order valence-corrected chi connectivity index (χ3v) is 5.13. The van der Waals surface area contributed by atoms with Crippen molar-refractivity contribution in [1.29, 1.82) is 0 Å². The lowest BCUT2D eigenvalue weighted by atomic mass is 10.2. The number of aryl methyl sites for hydroxylation is 1. The zero-order chi connectivity index (χ0) is 17.9. The van der Waals surface area contributed by atoms with E-state index in [4.69, 9.17) is 9.47 Å². The molecule has 0 bridgehead atoms. The Morgan fingerprint density at radius 3 is 2.65 bits per heavy atom. The van der Waals surface area contributed by atoms with Crippen molar-refractivity contribution in [2.24, 2.45) is 4.99 Å². The van der Waals surface area contributed by atoms with Gasteiger partial charge in [0.1, 0.15) is 13.2 Å². The van der Waals surface area contributed by atoms with Crippen molar-refractivity contribution in [3.05, 3.63) is 58.9 Å². The van der Waals surface area contributed by atoms with E-state index in [1.54, 1.807) is 6.08 Å². The fourth-order valence-electron chi connectivity index (χ4n) is 2.86. The van der Waals surface area contributed by atoms with Crippen LogP contribution in [0.5, 0.6) is 11.5 Å². The van der Waals surface area contributed by atoms with Crippen LogP contribution in [0, 0.1) is 0 Å². The summed E-state index contributed by atoms with van der Waals surface area (Å²) in [6.07, 6.45) is 3.27. The van der Waals surface area contributed by atoms with E-state index in [0.717, 1.165) is 27.3 Å². The summed E-state index contributed by atoms with van der Waals surface area (Å²) in [5.74, 6) is 1.21. The molecule has 0 spiro atoms. The van der Waals surface area contributed by atoms with E-state index in [-0.39, 0.29) is 5.91 Å². The first-order valence-electron chi connectivity index (χ1n) is 8.49. The first-order valence-corrected chi connectivity index (χ1v) is 9.31. The van der Waals surface area contributed by atoms with Crippen molar-refractivity contribution in [1.82, 2.24) is 4.57 Å². The Kier molecular flexibility index (Phi) is 4.58. The van der Waals surface area contributed by atoms with Crippen LogP contribution < -0.4 is 14.3 Å². The number of thiazole rings is 1. The van der Waals surface area contributed by atoms with Gasteiger partial charge in [-0.05, 0) is 18.6 Å². The molecule has 6 heteroatoms. The number of carbonyl (C=O) groups is 1. The van der Waals surface area contributed by atoms with Crippen molar-refractivity contribution >= 4 is 33.5 Å². The van der Waals surface area contributed by atoms with Crippen LogP contribution in [-0.4, -0.2) is 23.7 Å². The van der Waals surface area contributed by atoms with E-state index in [9.17, 15) is 4.79 Å². The Hall–Kier alpha value is -2.86. The lowest BCUT2D eigenvalue weighted by molar-refractivity contribution is -0.113. The summed E-state index contributed by atoms with van der Waals surface area (Å²) in [6, 6.07) is 13.6. The fraction of sp³-hybridized carbons (Fsp3) is 0.200. The largest absolute Gasteiger partial charge is 0.486 e. The second-order valence-electron chi connectivity index (χ2n) is 5.79. The first kappa shape index (κ1) is 16.6. The summed E-state index contributed by atoms with van der Waals surface area (Å²) in [6.45, 7) is 3.85. The average molecular weight is 366 g/mol. The van der Waals surface area contributed by atoms with Crippen molar-refractivity contribution in [3.8, 4) is 11.5 Å². The molecule has 3 aromatic rings. The third kappa shape index (κ3) is 3.28. The molecule has 0 fully saturated rings. The van der Waals surface area contributed by atoms with E-state index in [1.807, 2.05) is 54.0 Å². The van der Waals surface area contributed by atoms with Gasteiger partial charge in [-0.3, -0.25) is 4.79 Å². The maximum absolute atomic E-state index is 12.3. The fourth-order valence-corrected chi connectivity index (χ4v) is 3.97. The standard InChI is InChI=1S/C20H18N2O3S/c1-2-22-15-12-16-17(25-11-10-24-16)13-18(15)26-20(22)21-19(23)9-8-14-6-4-3-5-7-14/h3-9,12-13H,2,10-11H2,1H3. The van der Waals surface area contributed by atoms with Crippen LogP contribution >= 0.6 is 11.3 Å². The average Bonchev–Trinajstić information content (AvgIpc) is 3.01. The maximum atomic E-state index is 12.3. The molecule has 132 valence electrons. The predicted octanol–water partition coefficient (Wildman–Crippen LogP) is 3.63. The van der Waals surface area contributed by atoms with Gasteiger partial charge in [-0.2, -0.15) is 4.99 Å². The van der Waals surface area contributed by atoms with Crippen molar-refractivity contribution < 1.29 is 14.3 Å². The van der Waals surface area contributed by atoms with Crippen LogP contribution in [0.2, 0.25) is 0 Å². The molecule has 26 heavy (non-hydrogen) atoms. The van der Waals surface area contributed by atoms with E-state index in [1.165, 1.54) is 17.4 Å². The number of aromatic nitrogens is 1. The van der Waals surface area contributed by atoms with E-state index < -0.39 is 0 Å². The Labute approximate surface area is 154 Å². The lowest BCUT2D eigenvalue weighted by Crippen LogP contribution is -2.16. The number of nitrogens with zero attached hydrogens (tertiary/aromatic N) is 2. The van der Waals surface area contributed by atoms with Crippen molar-refractivity contribution in [2.45, 2.75) is 13.5 Å². The molecule has 0 radical (unpaired) electrons. The highest BCUT2D eigenvalue weighted by atomic mass is 32.1. The number of ether oxygens (including phenoxy) is 2. The molecule has 2 aromatic carbocycles. The number of amides is 1. The molecular weight excluding hydrogens is 348 g/mol. The second-order valence-corrected chi connectivity index (χ2v) is 6.80. The van der Waals surface area contributed by atoms with Crippen LogP contribution in [0.1, 0.15) is 12.5 Å². The Morgan fingerprint density at radius 2 is 1.92 bits per heavy atom. The molecule has 0 atom stereocenters. The minimum absolute atomic E-state index is 0.278. The summed E-state index contributed by atoms with van der Waals surface area (Å²) in [7, 11) is 0. The van der Waals surface area contributed by atoms with Crippen LogP contribution in [-0.2, 0) is 11.3 Å². The predicted molar refractivity (Wildman–Crippen MR) is 103 cm³/mol. The molecule has 1 aliphatic rings. The Balaban J connectivity index is 1.72. The van der Waals surface area contributed by atoms with Crippen LogP contribution in [0.15, 0.2) is 53.5 Å². The van der Waals surface area contributed by atoms with Crippen molar-refractivity contribution in [2.75, 3.05) is 13.2 Å². The third-order valence-electron chi connectivity index (χ3n) is 4.09. The van der Waals surface area contributed by atoms with Gasteiger partial charge in [-0.1, -0.05) is 41.7 Å². The molecule has 0 saturated carbocycles. The summed E-state index contributed by atoms with van der Waals surface area (Å²) in [4.78, 5) is 17.2. The topological polar surface area (TPSA) is 52.8 Å². The minimum Gasteiger partial charge on any atom is -0.486 e. The van der Waals surface area contributed by atoms with Crippen molar-refractivity contribution in [3.63, 3.8) is 0 Å². The highest BCUT2D eigenvalue weighted by Gasteiger charge is 2.16. The molecule has 1 amide bonds. The van der Waals surface area contributed by atoms with Gasteiger partial charge in [-0.15, -0.1) is 0 Å². The molecule has 5 nitrogen and oxygen atoms in total. The molecule has 0 aliphatic carbocycles. The quantitative estimate of drug-likeness (QED) is 0.665. The summed E-state index contributed by atoms with van der Waals surface area (Å²) < 4.78 is 14.4. The smallest absolute Gasteiger partial charge is 0.272 e. The van der Waals surface area contributed by atoms with E-state index >= 15 is 0 Å². The number of hydrogen-bond acceptors (Lipinski definition) is 4. The first-order chi connectivity index (χ1) is 12.7. The van der Waals surface area contributed by atoms with Gasteiger partial charge in [0.15, 0.2) is 16.3 Å². The second kappa shape index (κ2) is 7.17. The summed E-state index contributed by atoms with van der Waals surface area (Å²) in [5.41, 5.74) is 1.97. The monoisotopic (exact) mass is 366 g/mol. The molecule has 0 unspecified atom stereocenters. The van der Waals surface area contributed by atoms with Gasteiger partial charge in [0.2, 0.25) is 0 Å². The number of carbonyl (C=O) groups excluding carboxylic acids is 1. The van der Waals surface area contributed by atoms with E-state index in [0.29, 0.717) is 24.6 Å². The maximum Gasteiger partial charge on any atom is 0.272 e. The van der Waals surface area contributed by atoms with Crippen LogP contribution in [0.25, 0.3) is 16.3 Å². The number of fused-ring (bicyclic) bond motifs is 2. The summed E-state index contributed by atoms with van der Waals surface area (Å²) >= 11 is 1.48. The van der Waals surface area contributed by atoms with Gasteiger partial charge in [0.25, 0.3) is 5.91 Å². The molecular formula is C20H18N2O3S.